The number of thiocarbonyl (C=S) groups is 1. The number of halogens is 3. The van der Waals surface area contributed by atoms with E-state index in [-0.39, 0.29) is 24.8 Å². The van der Waals surface area contributed by atoms with Crippen molar-refractivity contribution in [3.63, 3.8) is 0 Å². The van der Waals surface area contributed by atoms with E-state index in [2.05, 4.69) is 5.32 Å². The molecule has 0 heterocycles. The fraction of sp³-hybridized carbons (Fsp3) is 0.474. The molecule has 0 aliphatic carbocycles. The van der Waals surface area contributed by atoms with Crippen LogP contribution in [-0.2, 0) is 35.2 Å². The minimum atomic E-state index is -5.08. The summed E-state index contributed by atoms with van der Waals surface area (Å²) in [5.41, 5.74) is 6.59. The van der Waals surface area contributed by atoms with Crippen molar-refractivity contribution >= 4 is 35.1 Å². The third kappa shape index (κ3) is 15.6. The van der Waals surface area contributed by atoms with Crippen LogP contribution in [0.2, 0.25) is 0 Å². The van der Waals surface area contributed by atoms with Gasteiger partial charge in [-0.05, 0) is 12.5 Å². The van der Waals surface area contributed by atoms with Crippen LogP contribution >= 0.6 is 12.2 Å². The lowest BCUT2D eigenvalue weighted by molar-refractivity contribution is -0.192. The molecule has 0 saturated heterocycles. The number of aliphatic carboxylic acids is 2. The highest BCUT2D eigenvalue weighted by atomic mass is 32.1. The topological polar surface area (TPSA) is 157 Å². The number of nitrogens with one attached hydrogen (secondary N) is 1. The average molecular weight is 498 g/mol. The molecule has 33 heavy (non-hydrogen) atoms. The summed E-state index contributed by atoms with van der Waals surface area (Å²) in [7, 11) is 0. The largest absolute Gasteiger partial charge is 0.490 e. The third-order valence-electron chi connectivity index (χ3n) is 3.39. The molecule has 186 valence electrons. The number of nitrogens with two attached hydrogens (primary N) is 1. The van der Waals surface area contributed by atoms with Crippen molar-refractivity contribution in [1.82, 2.24) is 5.32 Å². The summed E-state index contributed by atoms with van der Waals surface area (Å²) in [5.74, 6) is -4.63. The number of carboxylic acids is 2. The number of hydrogen-bond donors (Lipinski definition) is 4. The number of rotatable bonds is 12. The number of alkyl halides is 3. The fourth-order valence-electron chi connectivity index (χ4n) is 1.73. The SMILES string of the molecule is C[C@H](N)C(=S)N[C@@H](COC(=O)COCCOCc1ccccc1)C(=O)O.O=C(O)C(F)(F)F. The Bertz CT molecular complexity index is 763. The highest BCUT2D eigenvalue weighted by Gasteiger charge is 2.38. The Labute approximate surface area is 192 Å². The van der Waals surface area contributed by atoms with E-state index in [9.17, 15) is 22.8 Å². The Morgan fingerprint density at radius 1 is 1.12 bits per heavy atom. The first-order chi connectivity index (χ1) is 15.3. The lowest BCUT2D eigenvalue weighted by Gasteiger charge is -2.18. The van der Waals surface area contributed by atoms with E-state index in [1.54, 1.807) is 6.92 Å². The van der Waals surface area contributed by atoms with E-state index in [1.165, 1.54) is 0 Å². The molecule has 0 aliphatic heterocycles. The minimum absolute atomic E-state index is 0.181. The van der Waals surface area contributed by atoms with E-state index < -0.39 is 36.2 Å². The highest BCUT2D eigenvalue weighted by Crippen LogP contribution is 2.13. The van der Waals surface area contributed by atoms with Crippen molar-refractivity contribution in [3.8, 4) is 0 Å². The van der Waals surface area contributed by atoms with Crippen LogP contribution in [0.15, 0.2) is 30.3 Å². The Morgan fingerprint density at radius 3 is 2.15 bits per heavy atom. The van der Waals surface area contributed by atoms with Gasteiger partial charge in [-0.25, -0.2) is 14.4 Å². The number of benzene rings is 1. The van der Waals surface area contributed by atoms with E-state index in [0.717, 1.165) is 5.56 Å². The molecule has 0 fully saturated rings. The molecule has 0 bridgehead atoms. The van der Waals surface area contributed by atoms with E-state index in [1.807, 2.05) is 30.3 Å². The normalized spacial score (nSPS) is 12.5. The van der Waals surface area contributed by atoms with Crippen molar-refractivity contribution < 1.29 is 52.0 Å². The van der Waals surface area contributed by atoms with Crippen LogP contribution in [-0.4, -0.2) is 77.8 Å². The molecule has 1 aromatic rings. The molecule has 14 heteroatoms. The molecule has 0 spiro atoms. The lowest BCUT2D eigenvalue weighted by atomic mass is 10.2. The van der Waals surface area contributed by atoms with Gasteiger partial charge in [-0.1, -0.05) is 42.5 Å². The minimum Gasteiger partial charge on any atom is -0.480 e. The molecule has 0 aliphatic rings. The maximum Gasteiger partial charge on any atom is 0.490 e. The predicted octanol–water partition coefficient (Wildman–Crippen LogP) is 1.11. The van der Waals surface area contributed by atoms with Crippen LogP contribution in [0, 0.1) is 0 Å². The highest BCUT2D eigenvalue weighted by molar-refractivity contribution is 7.80. The second-order valence-electron chi connectivity index (χ2n) is 6.26. The molecule has 1 rings (SSSR count). The van der Waals surface area contributed by atoms with Crippen LogP contribution in [0.4, 0.5) is 13.2 Å². The van der Waals surface area contributed by atoms with Gasteiger partial charge in [-0.3, -0.25) is 0 Å². The van der Waals surface area contributed by atoms with Gasteiger partial charge in [-0.2, -0.15) is 13.2 Å². The number of carboxylic acid groups (broad SMARTS) is 2. The van der Waals surface area contributed by atoms with Gasteiger partial charge in [0.15, 0.2) is 6.04 Å². The van der Waals surface area contributed by atoms with Crippen molar-refractivity contribution in [2.75, 3.05) is 26.4 Å². The first-order valence-corrected chi connectivity index (χ1v) is 9.69. The van der Waals surface area contributed by atoms with Gasteiger partial charge in [0.1, 0.15) is 13.2 Å². The summed E-state index contributed by atoms with van der Waals surface area (Å²) in [4.78, 5) is 31.8. The van der Waals surface area contributed by atoms with Crippen molar-refractivity contribution in [3.05, 3.63) is 35.9 Å². The summed E-state index contributed by atoms with van der Waals surface area (Å²) in [6, 6.07) is 8.00. The molecule has 0 saturated carbocycles. The molecule has 10 nitrogen and oxygen atoms in total. The summed E-state index contributed by atoms with van der Waals surface area (Å²) >= 11 is 4.92. The van der Waals surface area contributed by atoms with Crippen LogP contribution in [0.1, 0.15) is 12.5 Å². The van der Waals surface area contributed by atoms with Gasteiger partial charge >= 0.3 is 24.1 Å². The molecular weight excluding hydrogens is 473 g/mol. The van der Waals surface area contributed by atoms with Crippen molar-refractivity contribution in [1.29, 1.82) is 0 Å². The number of carbonyl (C=O) groups is 3. The van der Waals surface area contributed by atoms with Crippen molar-refractivity contribution in [2.24, 2.45) is 5.73 Å². The molecule has 0 aromatic heterocycles. The average Bonchev–Trinajstić information content (AvgIpc) is 2.73. The number of carbonyl (C=O) groups excluding carboxylic acids is 1. The second-order valence-corrected chi connectivity index (χ2v) is 6.70. The van der Waals surface area contributed by atoms with Gasteiger partial charge in [0.05, 0.1) is 30.9 Å². The zero-order chi connectivity index (χ0) is 25.4. The molecule has 0 radical (unpaired) electrons. The number of ether oxygens (including phenoxy) is 3. The molecule has 5 N–H and O–H groups in total. The monoisotopic (exact) mass is 498 g/mol. The van der Waals surface area contributed by atoms with Gasteiger partial charge in [0, 0.05) is 0 Å². The molecular formula is C19H25F3N2O8S. The van der Waals surface area contributed by atoms with Gasteiger partial charge in [-0.15, -0.1) is 0 Å². The third-order valence-corrected chi connectivity index (χ3v) is 3.87. The van der Waals surface area contributed by atoms with E-state index in [0.29, 0.717) is 13.2 Å². The summed E-state index contributed by atoms with van der Waals surface area (Å²) in [6.07, 6.45) is -5.08. The zero-order valence-corrected chi connectivity index (χ0v) is 18.4. The van der Waals surface area contributed by atoms with Gasteiger partial charge in [0.2, 0.25) is 0 Å². The fourth-order valence-corrected chi connectivity index (χ4v) is 1.88. The van der Waals surface area contributed by atoms with Crippen molar-refractivity contribution in [2.45, 2.75) is 31.8 Å². The van der Waals surface area contributed by atoms with Crippen LogP contribution in [0.5, 0.6) is 0 Å². The standard InChI is InChI=1S/C17H24N2O6S.C2HF3O2/c1-12(18)16(26)19-14(17(21)22)10-25-15(20)11-24-8-7-23-9-13-5-3-2-4-6-13;3-2(4,5)1(6)7/h2-6,12,14H,7-11,18H2,1H3,(H,19,26)(H,21,22);(H,6,7)/t12-,14-;/m0./s1. The molecule has 0 amide bonds. The molecule has 0 unspecified atom stereocenters. The molecule has 1 aromatic carbocycles. The first-order valence-electron chi connectivity index (χ1n) is 9.28. The lowest BCUT2D eigenvalue weighted by Crippen LogP contribution is -2.48. The number of esters is 1. The summed E-state index contributed by atoms with van der Waals surface area (Å²) in [5, 5.41) is 18.7. The van der Waals surface area contributed by atoms with Crippen LogP contribution in [0.25, 0.3) is 0 Å². The Kier molecular flexibility index (Phi) is 14.6. The smallest absolute Gasteiger partial charge is 0.480 e. The molecule has 2 atom stereocenters. The van der Waals surface area contributed by atoms with Crippen LogP contribution in [0.3, 0.4) is 0 Å². The van der Waals surface area contributed by atoms with Gasteiger partial charge < -0.3 is 35.5 Å². The Hall–Kier alpha value is -2.81. The first kappa shape index (κ1) is 30.2. The van der Waals surface area contributed by atoms with Gasteiger partial charge in [0.25, 0.3) is 0 Å². The predicted molar refractivity (Wildman–Crippen MR) is 112 cm³/mol. The number of hydrogen-bond acceptors (Lipinski definition) is 8. The summed E-state index contributed by atoms with van der Waals surface area (Å²) in [6.45, 7) is 1.95. The Balaban J connectivity index is 0.00000126. The second kappa shape index (κ2) is 15.9. The zero-order valence-electron chi connectivity index (χ0n) is 17.5. The Morgan fingerprint density at radius 2 is 1.67 bits per heavy atom. The van der Waals surface area contributed by atoms with E-state index >= 15 is 0 Å². The maximum absolute atomic E-state index is 11.6. The summed E-state index contributed by atoms with van der Waals surface area (Å²) < 4.78 is 47.1. The van der Waals surface area contributed by atoms with E-state index in [4.69, 9.17) is 47.2 Å². The van der Waals surface area contributed by atoms with Crippen LogP contribution < -0.4 is 11.1 Å². The maximum atomic E-state index is 11.6. The quantitative estimate of drug-likeness (QED) is 0.186.